The van der Waals surface area contributed by atoms with Crippen LogP contribution in [0.25, 0.3) is 0 Å². The summed E-state index contributed by atoms with van der Waals surface area (Å²) in [6.07, 6.45) is -4.10. The topological polar surface area (TPSA) is 75.6 Å². The minimum atomic E-state index is -4.85. The first-order valence-corrected chi connectivity index (χ1v) is 9.10. The molecule has 0 fully saturated rings. The Morgan fingerprint density at radius 3 is 2.40 bits per heavy atom. The van der Waals surface area contributed by atoms with Crippen LogP contribution in [-0.2, 0) is 23.9 Å². The Morgan fingerprint density at radius 2 is 1.87 bits per heavy atom. The van der Waals surface area contributed by atoms with Crippen LogP contribution in [-0.4, -0.2) is 24.1 Å². The molecule has 1 amide bonds. The SMILES string of the molecule is CC[C@H](Cc1ccc(OC)c(CNC(=O)c2ccc(C(F)(F)F)c(F)c2)c1)C(=O)O. The molecule has 0 radical (unpaired) electrons. The highest BCUT2D eigenvalue weighted by atomic mass is 19.4. The molecule has 0 aliphatic rings. The number of alkyl halides is 3. The molecule has 5 nitrogen and oxygen atoms in total. The lowest BCUT2D eigenvalue weighted by Crippen LogP contribution is -2.24. The van der Waals surface area contributed by atoms with Crippen molar-refractivity contribution >= 4 is 11.9 Å². The van der Waals surface area contributed by atoms with Crippen molar-refractivity contribution in [3.05, 3.63) is 64.5 Å². The van der Waals surface area contributed by atoms with E-state index in [1.807, 2.05) is 0 Å². The van der Waals surface area contributed by atoms with Crippen molar-refractivity contribution in [1.29, 1.82) is 0 Å². The predicted molar refractivity (Wildman–Crippen MR) is 101 cm³/mol. The fourth-order valence-electron chi connectivity index (χ4n) is 2.95. The van der Waals surface area contributed by atoms with Gasteiger partial charge in [-0.3, -0.25) is 9.59 Å². The number of methoxy groups -OCH3 is 1. The minimum Gasteiger partial charge on any atom is -0.496 e. The number of carboxylic acids is 1. The molecule has 0 aliphatic heterocycles. The number of hydrogen-bond donors (Lipinski definition) is 2. The molecule has 0 bridgehead atoms. The van der Waals surface area contributed by atoms with E-state index in [1.54, 1.807) is 25.1 Å². The summed E-state index contributed by atoms with van der Waals surface area (Å²) in [4.78, 5) is 23.5. The molecule has 0 aromatic heterocycles. The van der Waals surface area contributed by atoms with Crippen molar-refractivity contribution in [3.63, 3.8) is 0 Å². The van der Waals surface area contributed by atoms with Gasteiger partial charge in [0, 0.05) is 17.7 Å². The van der Waals surface area contributed by atoms with Gasteiger partial charge in [0.1, 0.15) is 11.6 Å². The van der Waals surface area contributed by atoms with E-state index >= 15 is 0 Å². The first-order valence-electron chi connectivity index (χ1n) is 9.10. The first kappa shape index (κ1) is 23.2. The standard InChI is InChI=1S/C21H21F4NO4/c1-3-13(20(28)29)8-12-4-7-18(30-2)15(9-12)11-26-19(27)14-5-6-16(17(22)10-14)21(23,24)25/h4-7,9-10,13H,3,8,11H2,1-2H3,(H,26,27)(H,28,29)/t13-/m1/s1. The van der Waals surface area contributed by atoms with Crippen molar-refractivity contribution in [3.8, 4) is 5.75 Å². The Kier molecular flexibility index (Phi) is 7.42. The van der Waals surface area contributed by atoms with E-state index in [1.165, 1.54) is 7.11 Å². The number of aliphatic carboxylic acids is 1. The average Bonchev–Trinajstić information content (AvgIpc) is 2.68. The van der Waals surface area contributed by atoms with Crippen LogP contribution < -0.4 is 10.1 Å². The van der Waals surface area contributed by atoms with Crippen LogP contribution in [0.15, 0.2) is 36.4 Å². The molecule has 0 unspecified atom stereocenters. The molecular weight excluding hydrogens is 406 g/mol. The third kappa shape index (κ3) is 5.71. The summed E-state index contributed by atoms with van der Waals surface area (Å²) >= 11 is 0. The molecule has 1 atom stereocenters. The van der Waals surface area contributed by atoms with E-state index in [0.717, 1.165) is 11.6 Å². The largest absolute Gasteiger partial charge is 0.496 e. The molecule has 0 spiro atoms. The highest BCUT2D eigenvalue weighted by molar-refractivity contribution is 5.94. The first-order chi connectivity index (χ1) is 14.1. The lowest BCUT2D eigenvalue weighted by Gasteiger charge is -2.14. The van der Waals surface area contributed by atoms with Gasteiger partial charge in [-0.15, -0.1) is 0 Å². The molecule has 0 heterocycles. The molecule has 0 saturated heterocycles. The maximum Gasteiger partial charge on any atom is 0.419 e. The summed E-state index contributed by atoms with van der Waals surface area (Å²) in [7, 11) is 1.43. The number of amides is 1. The number of halogens is 4. The fourth-order valence-corrected chi connectivity index (χ4v) is 2.95. The van der Waals surface area contributed by atoms with E-state index in [0.29, 0.717) is 36.3 Å². The van der Waals surface area contributed by atoms with Crippen LogP contribution in [0.5, 0.6) is 5.75 Å². The van der Waals surface area contributed by atoms with Crippen molar-refractivity contribution in [2.75, 3.05) is 7.11 Å². The van der Waals surface area contributed by atoms with Crippen molar-refractivity contribution in [1.82, 2.24) is 5.32 Å². The van der Waals surface area contributed by atoms with Gasteiger partial charge in [0.2, 0.25) is 0 Å². The smallest absolute Gasteiger partial charge is 0.419 e. The van der Waals surface area contributed by atoms with Gasteiger partial charge < -0.3 is 15.2 Å². The third-order valence-corrected chi connectivity index (χ3v) is 4.65. The molecule has 0 aliphatic carbocycles. The second-order valence-corrected chi connectivity index (χ2v) is 6.67. The zero-order valence-electron chi connectivity index (χ0n) is 16.3. The maximum absolute atomic E-state index is 13.7. The van der Waals surface area contributed by atoms with Gasteiger partial charge in [-0.2, -0.15) is 13.2 Å². The molecule has 2 aromatic rings. The van der Waals surface area contributed by atoms with Crippen LogP contribution in [0.1, 0.15) is 40.4 Å². The summed E-state index contributed by atoms with van der Waals surface area (Å²) in [6, 6.07) is 7.00. The number of benzene rings is 2. The van der Waals surface area contributed by atoms with Crippen LogP contribution in [0.3, 0.4) is 0 Å². The Labute approximate surface area is 170 Å². The highest BCUT2D eigenvalue weighted by Crippen LogP contribution is 2.31. The highest BCUT2D eigenvalue weighted by Gasteiger charge is 2.34. The second-order valence-electron chi connectivity index (χ2n) is 6.67. The minimum absolute atomic E-state index is 0.0393. The molecular formula is C21H21F4NO4. The second kappa shape index (κ2) is 9.60. The monoisotopic (exact) mass is 427 g/mol. The zero-order valence-corrected chi connectivity index (χ0v) is 16.3. The van der Waals surface area contributed by atoms with Gasteiger partial charge in [-0.1, -0.05) is 19.1 Å². The van der Waals surface area contributed by atoms with Crippen molar-refractivity contribution < 1.29 is 37.0 Å². The molecule has 0 saturated carbocycles. The van der Waals surface area contributed by atoms with Gasteiger partial charge in [-0.25, -0.2) is 4.39 Å². The van der Waals surface area contributed by atoms with Crippen LogP contribution in [0.4, 0.5) is 17.6 Å². The van der Waals surface area contributed by atoms with Gasteiger partial charge in [0.25, 0.3) is 5.91 Å². The van der Waals surface area contributed by atoms with E-state index in [4.69, 9.17) is 4.74 Å². The number of hydrogen-bond acceptors (Lipinski definition) is 3. The van der Waals surface area contributed by atoms with Crippen molar-refractivity contribution in [2.45, 2.75) is 32.5 Å². The molecule has 2 aromatic carbocycles. The summed E-state index contributed by atoms with van der Waals surface area (Å²) < 4.78 is 56.9. The van der Waals surface area contributed by atoms with Crippen LogP contribution in [0, 0.1) is 11.7 Å². The number of ether oxygens (including phenoxy) is 1. The van der Waals surface area contributed by atoms with Gasteiger partial charge >= 0.3 is 12.1 Å². The van der Waals surface area contributed by atoms with Gasteiger partial charge in [-0.05, 0) is 42.7 Å². The maximum atomic E-state index is 13.7. The zero-order chi connectivity index (χ0) is 22.5. The van der Waals surface area contributed by atoms with Gasteiger partial charge in [0.15, 0.2) is 0 Å². The Balaban J connectivity index is 2.16. The normalized spacial score (nSPS) is 12.3. The Bertz CT molecular complexity index is 928. The molecule has 162 valence electrons. The summed E-state index contributed by atoms with van der Waals surface area (Å²) in [5.41, 5.74) is -0.421. The lowest BCUT2D eigenvalue weighted by atomic mass is 9.95. The predicted octanol–water partition coefficient (Wildman–Crippen LogP) is 4.44. The lowest BCUT2D eigenvalue weighted by molar-refractivity contribution is -0.142. The van der Waals surface area contributed by atoms with E-state index in [-0.39, 0.29) is 12.1 Å². The summed E-state index contributed by atoms with van der Waals surface area (Å²) in [5, 5.41) is 11.7. The van der Waals surface area contributed by atoms with E-state index < -0.39 is 35.4 Å². The summed E-state index contributed by atoms with van der Waals surface area (Å²) in [5.74, 6) is -3.31. The van der Waals surface area contributed by atoms with Crippen LogP contribution >= 0.6 is 0 Å². The summed E-state index contributed by atoms with van der Waals surface area (Å²) in [6.45, 7) is 1.73. The number of carboxylic acid groups (broad SMARTS) is 1. The Hall–Kier alpha value is -3.10. The van der Waals surface area contributed by atoms with Gasteiger partial charge in [0.05, 0.1) is 18.6 Å². The fraction of sp³-hybridized carbons (Fsp3) is 0.333. The molecule has 2 N–H and O–H groups in total. The molecule has 30 heavy (non-hydrogen) atoms. The number of nitrogens with one attached hydrogen (secondary N) is 1. The quantitative estimate of drug-likeness (QED) is 0.611. The molecule has 9 heteroatoms. The van der Waals surface area contributed by atoms with E-state index in [9.17, 15) is 32.3 Å². The molecule has 2 rings (SSSR count). The van der Waals surface area contributed by atoms with Crippen molar-refractivity contribution in [2.24, 2.45) is 5.92 Å². The Morgan fingerprint density at radius 1 is 1.17 bits per heavy atom. The number of carbonyl (C=O) groups excluding carboxylic acids is 1. The average molecular weight is 427 g/mol. The third-order valence-electron chi connectivity index (χ3n) is 4.65. The number of rotatable bonds is 8. The van der Waals surface area contributed by atoms with Crippen LogP contribution in [0.2, 0.25) is 0 Å². The van der Waals surface area contributed by atoms with E-state index in [2.05, 4.69) is 5.32 Å². The number of carbonyl (C=O) groups is 2.